The maximum atomic E-state index is 13.2. The molecule has 1 aromatic carbocycles. The first-order chi connectivity index (χ1) is 8.08. The number of benzene rings is 1. The minimum absolute atomic E-state index is 0.139. The molecule has 2 unspecified atom stereocenters. The Bertz CT molecular complexity index is 505. The molecule has 2 atom stereocenters. The van der Waals surface area contributed by atoms with Gasteiger partial charge in [0.15, 0.2) is 0 Å². The van der Waals surface area contributed by atoms with Crippen LogP contribution in [0.15, 0.2) is 36.5 Å². The summed E-state index contributed by atoms with van der Waals surface area (Å²) in [4.78, 5) is 0. The molecule has 0 saturated carbocycles. The number of nitrogens with two attached hydrogens (primary N) is 1. The molecule has 0 aliphatic carbocycles. The van der Waals surface area contributed by atoms with E-state index in [4.69, 9.17) is 5.73 Å². The first kappa shape index (κ1) is 11.8. The van der Waals surface area contributed by atoms with Gasteiger partial charge in [0.25, 0.3) is 0 Å². The van der Waals surface area contributed by atoms with Crippen molar-refractivity contribution >= 4 is 0 Å². The fourth-order valence-electron chi connectivity index (χ4n) is 1.98. The number of hydrogen-bond donors (Lipinski definition) is 1. The van der Waals surface area contributed by atoms with Crippen LogP contribution in [0.4, 0.5) is 4.39 Å². The van der Waals surface area contributed by atoms with Crippen LogP contribution >= 0.6 is 0 Å². The second-order valence-corrected chi connectivity index (χ2v) is 4.30. The summed E-state index contributed by atoms with van der Waals surface area (Å²) < 4.78 is 15.0. The van der Waals surface area contributed by atoms with Gasteiger partial charge in [0.2, 0.25) is 0 Å². The number of hydrogen-bond acceptors (Lipinski definition) is 2. The predicted octanol–water partition coefficient (Wildman–Crippen LogP) is 2.27. The van der Waals surface area contributed by atoms with Crippen molar-refractivity contribution < 1.29 is 4.39 Å². The fourth-order valence-corrected chi connectivity index (χ4v) is 1.98. The van der Waals surface area contributed by atoms with Crippen LogP contribution in [0.3, 0.4) is 0 Å². The van der Waals surface area contributed by atoms with Crippen LogP contribution in [-0.4, -0.2) is 15.8 Å². The average molecular weight is 233 g/mol. The molecule has 3 nitrogen and oxygen atoms in total. The summed E-state index contributed by atoms with van der Waals surface area (Å²) in [6.07, 6.45) is 1.87. The van der Waals surface area contributed by atoms with Gasteiger partial charge in [-0.25, -0.2) is 4.39 Å². The number of aryl methyl sites for hydroxylation is 1. The highest BCUT2D eigenvalue weighted by Gasteiger charge is 2.19. The fraction of sp³-hybridized carbons (Fsp3) is 0.308. The largest absolute Gasteiger partial charge is 0.326 e. The summed E-state index contributed by atoms with van der Waals surface area (Å²) in [6.45, 7) is 3.81. The number of halogens is 1. The molecule has 90 valence electrons. The molecule has 1 heterocycles. The monoisotopic (exact) mass is 233 g/mol. The average Bonchev–Trinajstić information content (AvgIpc) is 2.64. The smallest absolute Gasteiger partial charge is 0.123 e. The van der Waals surface area contributed by atoms with Gasteiger partial charge in [-0.1, -0.05) is 12.1 Å². The van der Waals surface area contributed by atoms with Gasteiger partial charge in [-0.2, -0.15) is 5.10 Å². The summed E-state index contributed by atoms with van der Waals surface area (Å²) in [5, 5.41) is 4.35. The normalized spacial score (nSPS) is 14.6. The number of rotatable bonds is 3. The van der Waals surface area contributed by atoms with E-state index >= 15 is 0 Å². The number of aromatic nitrogens is 2. The molecular weight excluding hydrogens is 217 g/mol. The van der Waals surface area contributed by atoms with E-state index in [1.54, 1.807) is 10.7 Å². The summed E-state index contributed by atoms with van der Waals surface area (Å²) in [6, 6.07) is 8.12. The Kier molecular flexibility index (Phi) is 3.24. The van der Waals surface area contributed by atoms with Crippen LogP contribution in [0.25, 0.3) is 0 Å². The molecule has 17 heavy (non-hydrogen) atoms. The lowest BCUT2D eigenvalue weighted by atomic mass is 10.0. The van der Waals surface area contributed by atoms with Crippen LogP contribution in [0.5, 0.6) is 0 Å². The summed E-state index contributed by atoms with van der Waals surface area (Å²) >= 11 is 0. The van der Waals surface area contributed by atoms with E-state index in [1.807, 2.05) is 32.2 Å². The third-order valence-corrected chi connectivity index (χ3v) is 2.71. The molecule has 0 amide bonds. The van der Waals surface area contributed by atoms with Crippen LogP contribution < -0.4 is 5.73 Å². The van der Waals surface area contributed by atoms with Crippen molar-refractivity contribution in [1.29, 1.82) is 0 Å². The summed E-state index contributed by atoms with van der Waals surface area (Å²) in [7, 11) is 0. The molecule has 2 N–H and O–H groups in total. The van der Waals surface area contributed by atoms with Gasteiger partial charge >= 0.3 is 0 Å². The first-order valence-corrected chi connectivity index (χ1v) is 5.61. The second-order valence-electron chi connectivity index (χ2n) is 4.30. The minimum atomic E-state index is -0.253. The van der Waals surface area contributed by atoms with Gasteiger partial charge in [-0.3, -0.25) is 4.68 Å². The van der Waals surface area contributed by atoms with Gasteiger partial charge in [-0.15, -0.1) is 0 Å². The van der Waals surface area contributed by atoms with Gasteiger partial charge in [0.1, 0.15) is 5.82 Å². The predicted molar refractivity (Wildman–Crippen MR) is 65.2 cm³/mol. The van der Waals surface area contributed by atoms with Gasteiger partial charge in [0.05, 0.1) is 11.7 Å². The van der Waals surface area contributed by atoms with Crippen LogP contribution in [0.2, 0.25) is 0 Å². The maximum Gasteiger partial charge on any atom is 0.123 e. The first-order valence-electron chi connectivity index (χ1n) is 5.61. The Morgan fingerprint density at radius 3 is 2.65 bits per heavy atom. The van der Waals surface area contributed by atoms with Gasteiger partial charge < -0.3 is 5.73 Å². The zero-order chi connectivity index (χ0) is 12.4. The highest BCUT2D eigenvalue weighted by molar-refractivity contribution is 5.22. The highest BCUT2D eigenvalue weighted by atomic mass is 19.1. The Labute approximate surface area is 100 Å². The van der Waals surface area contributed by atoms with E-state index in [2.05, 4.69) is 5.10 Å². The molecule has 0 aliphatic heterocycles. The Morgan fingerprint density at radius 2 is 2.12 bits per heavy atom. The van der Waals surface area contributed by atoms with Gasteiger partial charge in [0, 0.05) is 12.2 Å². The van der Waals surface area contributed by atoms with Crippen molar-refractivity contribution in [2.75, 3.05) is 0 Å². The van der Waals surface area contributed by atoms with E-state index in [9.17, 15) is 4.39 Å². The highest BCUT2D eigenvalue weighted by Crippen LogP contribution is 2.21. The molecule has 0 saturated heterocycles. The van der Waals surface area contributed by atoms with Crippen molar-refractivity contribution in [3.8, 4) is 0 Å². The molecule has 2 aromatic rings. The lowest BCUT2D eigenvalue weighted by molar-refractivity contribution is 0.450. The van der Waals surface area contributed by atoms with E-state index in [0.717, 1.165) is 11.3 Å². The van der Waals surface area contributed by atoms with E-state index < -0.39 is 0 Å². The van der Waals surface area contributed by atoms with Crippen molar-refractivity contribution in [3.63, 3.8) is 0 Å². The van der Waals surface area contributed by atoms with Crippen molar-refractivity contribution in [2.24, 2.45) is 5.73 Å². The third-order valence-electron chi connectivity index (χ3n) is 2.71. The lowest BCUT2D eigenvalue weighted by Gasteiger charge is -2.21. The Hall–Kier alpha value is -1.68. The zero-order valence-electron chi connectivity index (χ0n) is 9.97. The van der Waals surface area contributed by atoms with E-state index in [-0.39, 0.29) is 17.9 Å². The quantitative estimate of drug-likeness (QED) is 0.883. The summed E-state index contributed by atoms with van der Waals surface area (Å²) in [5.41, 5.74) is 7.74. The topological polar surface area (TPSA) is 43.8 Å². The standard InChI is InChI=1S/C13H16FN3/c1-9-6-7-17(16-9)13(10(2)15)11-4-3-5-12(14)8-11/h3-8,10,13H,15H2,1-2H3. The van der Waals surface area contributed by atoms with Crippen molar-refractivity contribution in [2.45, 2.75) is 25.9 Å². The molecule has 2 rings (SSSR count). The molecule has 0 fully saturated rings. The van der Waals surface area contributed by atoms with E-state index in [0.29, 0.717) is 0 Å². The lowest BCUT2D eigenvalue weighted by Crippen LogP contribution is -2.30. The molecule has 0 radical (unpaired) electrons. The van der Waals surface area contributed by atoms with Crippen molar-refractivity contribution in [1.82, 2.24) is 9.78 Å². The molecular formula is C13H16FN3. The van der Waals surface area contributed by atoms with Gasteiger partial charge in [-0.05, 0) is 37.6 Å². The number of nitrogens with zero attached hydrogens (tertiary/aromatic N) is 2. The molecule has 4 heteroatoms. The van der Waals surface area contributed by atoms with Crippen LogP contribution in [0, 0.1) is 12.7 Å². The second kappa shape index (κ2) is 4.67. The van der Waals surface area contributed by atoms with Crippen LogP contribution in [-0.2, 0) is 0 Å². The maximum absolute atomic E-state index is 13.2. The molecule has 0 bridgehead atoms. The molecule has 1 aromatic heterocycles. The Balaban J connectivity index is 2.42. The third kappa shape index (κ3) is 2.53. The Morgan fingerprint density at radius 1 is 1.35 bits per heavy atom. The summed E-state index contributed by atoms with van der Waals surface area (Å²) in [5.74, 6) is -0.253. The van der Waals surface area contributed by atoms with E-state index in [1.165, 1.54) is 12.1 Å². The SMILES string of the molecule is Cc1ccn(C(c2cccc(F)c2)C(C)N)n1. The molecule has 0 aliphatic rings. The minimum Gasteiger partial charge on any atom is -0.326 e. The van der Waals surface area contributed by atoms with Crippen molar-refractivity contribution in [3.05, 3.63) is 53.6 Å². The van der Waals surface area contributed by atoms with Crippen LogP contribution in [0.1, 0.15) is 24.2 Å². The zero-order valence-corrected chi connectivity index (χ0v) is 9.97. The molecule has 0 spiro atoms.